The molecule has 0 N–H and O–H groups in total. The summed E-state index contributed by atoms with van der Waals surface area (Å²) in [4.78, 5) is 0. The second-order valence-electron chi connectivity index (χ2n) is 8.31. The van der Waals surface area contributed by atoms with Crippen molar-refractivity contribution in [2.24, 2.45) is 4.74 Å². The average molecular weight is 468 g/mol. The molecule has 0 spiro atoms. The molecular weight excluding hydrogens is 417 g/mol. The Morgan fingerprint density at radius 3 is 1.57 bits per heavy atom. The van der Waals surface area contributed by atoms with E-state index in [9.17, 15) is 0 Å². The van der Waals surface area contributed by atoms with E-state index in [1.54, 1.807) is 0 Å². The zero-order valence-corrected chi connectivity index (χ0v) is 23.7. The number of unbranched alkanes of at least 4 members (excludes halogenated alkanes) is 3. The maximum absolute atomic E-state index is 5.33. The minimum atomic E-state index is -1.08. The minimum absolute atomic E-state index is 0. The Morgan fingerprint density at radius 1 is 0.833 bits per heavy atom. The number of rotatable bonds is 13. The molecule has 3 heteroatoms. The summed E-state index contributed by atoms with van der Waals surface area (Å²) in [6.07, 6.45) is 26.7. The number of hydrogen-bond donors (Lipinski definition) is 0. The van der Waals surface area contributed by atoms with Gasteiger partial charge in [-0.15, -0.1) is 0 Å². The van der Waals surface area contributed by atoms with Crippen LogP contribution < -0.4 is 0 Å². The number of hydrogen-bond acceptors (Lipinski definition) is 1. The van der Waals surface area contributed by atoms with Gasteiger partial charge in [-0.25, -0.2) is 0 Å². The molecule has 0 aromatic carbocycles. The van der Waals surface area contributed by atoms with Crippen LogP contribution in [-0.2, 0) is 21.7 Å². The fourth-order valence-electron chi connectivity index (χ4n) is 3.56. The molecule has 0 aromatic rings. The summed E-state index contributed by atoms with van der Waals surface area (Å²) in [7, 11) is -1.08. The van der Waals surface area contributed by atoms with Gasteiger partial charge in [0.05, 0.1) is 0 Å². The summed E-state index contributed by atoms with van der Waals surface area (Å²) < 4.78 is 5.33. The van der Waals surface area contributed by atoms with Gasteiger partial charge in [0.25, 0.3) is 0 Å². The maximum Gasteiger partial charge on any atom is 0.0425 e. The molecule has 0 saturated heterocycles. The molecule has 0 radical (unpaired) electrons. The first kappa shape index (κ1) is 32.1. The summed E-state index contributed by atoms with van der Waals surface area (Å²) in [5, 5.41) is 0. The van der Waals surface area contributed by atoms with Crippen molar-refractivity contribution in [3.05, 3.63) is 47.2 Å². The van der Waals surface area contributed by atoms with Crippen LogP contribution >= 0.6 is 7.05 Å². The summed E-state index contributed by atoms with van der Waals surface area (Å²) in [6.45, 7) is 15.6. The van der Waals surface area contributed by atoms with Crippen molar-refractivity contribution >= 4 is 7.05 Å². The van der Waals surface area contributed by atoms with Crippen LogP contribution in [0.2, 0.25) is 0 Å². The van der Waals surface area contributed by atoms with Crippen molar-refractivity contribution in [1.82, 2.24) is 0 Å². The Hall–Kier alpha value is -0.0957. The summed E-state index contributed by atoms with van der Waals surface area (Å²) in [5.41, 5.74) is 4.20. The van der Waals surface area contributed by atoms with Crippen molar-refractivity contribution in [2.75, 3.05) is 18.5 Å². The molecule has 0 atom stereocenters. The third-order valence-corrected chi connectivity index (χ3v) is 9.65. The second kappa shape index (κ2) is 20.8. The molecule has 1 nitrogen and oxygen atoms in total. The normalized spacial score (nSPS) is 14.0. The van der Waals surface area contributed by atoms with E-state index in [1.165, 1.54) is 73.9 Å². The molecule has 0 unspecified atom stereocenters. The van der Waals surface area contributed by atoms with Gasteiger partial charge in [0, 0.05) is 33.8 Å². The molecule has 30 heavy (non-hydrogen) atoms. The zero-order valence-electron chi connectivity index (χ0n) is 21.3. The third kappa shape index (κ3) is 14.8. The summed E-state index contributed by atoms with van der Waals surface area (Å²) in [5.74, 6) is 0. The predicted molar refractivity (Wildman–Crippen MR) is 139 cm³/mol. The number of nitrogens with zero attached hydrogens (tertiary/aromatic N) is 1. The van der Waals surface area contributed by atoms with Gasteiger partial charge >= 0.3 is 0 Å². The SMILES string of the molecule is CCC=C(C)C(C)=CCC.CCCCP(CCCC)(CCCC)=NC1=CC=CC1.[Ti]. The molecule has 0 amide bonds. The first-order chi connectivity index (χ1) is 14.0. The van der Waals surface area contributed by atoms with Crippen LogP contribution in [0.5, 0.6) is 0 Å². The van der Waals surface area contributed by atoms with Gasteiger partial charge in [-0.1, -0.05) is 89.3 Å². The topological polar surface area (TPSA) is 12.4 Å². The van der Waals surface area contributed by atoms with E-state index in [2.05, 4.69) is 78.8 Å². The van der Waals surface area contributed by atoms with E-state index >= 15 is 0 Å². The fraction of sp³-hybridized carbons (Fsp3) is 0.704. The van der Waals surface area contributed by atoms with Crippen molar-refractivity contribution in [3.63, 3.8) is 0 Å². The van der Waals surface area contributed by atoms with E-state index in [-0.39, 0.29) is 21.7 Å². The van der Waals surface area contributed by atoms with Gasteiger partial charge < -0.3 is 0 Å². The van der Waals surface area contributed by atoms with Crippen LogP contribution in [0, 0.1) is 0 Å². The minimum Gasteiger partial charge on any atom is -0.272 e. The quantitative estimate of drug-likeness (QED) is 0.145. The van der Waals surface area contributed by atoms with E-state index in [0.29, 0.717) is 0 Å². The fourth-order valence-corrected chi connectivity index (χ4v) is 7.94. The molecule has 172 valence electrons. The van der Waals surface area contributed by atoms with E-state index in [0.717, 1.165) is 19.3 Å². The van der Waals surface area contributed by atoms with E-state index in [4.69, 9.17) is 4.74 Å². The van der Waals surface area contributed by atoms with Crippen LogP contribution in [0.15, 0.2) is 52.0 Å². The van der Waals surface area contributed by atoms with Crippen molar-refractivity contribution < 1.29 is 21.7 Å². The van der Waals surface area contributed by atoms with Gasteiger partial charge in [0.1, 0.15) is 0 Å². The predicted octanol–water partition coefficient (Wildman–Crippen LogP) is 10.1. The first-order valence-corrected chi connectivity index (χ1v) is 14.6. The van der Waals surface area contributed by atoms with E-state index in [1.807, 2.05) is 0 Å². The monoisotopic (exact) mass is 467 g/mol. The van der Waals surface area contributed by atoms with Gasteiger partial charge in [0.2, 0.25) is 0 Å². The molecule has 1 aliphatic carbocycles. The maximum atomic E-state index is 5.33. The second-order valence-corrected chi connectivity index (χ2v) is 12.0. The zero-order chi connectivity index (χ0) is 22.0. The molecule has 0 heterocycles. The molecule has 1 rings (SSSR count). The Kier molecular flexibility index (Phi) is 22.2. The largest absolute Gasteiger partial charge is 0.272 e. The van der Waals surface area contributed by atoms with Crippen molar-refractivity contribution in [1.29, 1.82) is 0 Å². The Balaban J connectivity index is 0. The summed E-state index contributed by atoms with van der Waals surface area (Å²) in [6, 6.07) is 0. The van der Waals surface area contributed by atoms with Crippen LogP contribution in [0.25, 0.3) is 0 Å². The molecule has 1 aliphatic rings. The van der Waals surface area contributed by atoms with Crippen LogP contribution in [0.4, 0.5) is 0 Å². The van der Waals surface area contributed by atoms with Gasteiger partial charge in [0.15, 0.2) is 0 Å². The standard InChI is InChI=1S/C17H32NP.C10H18.Ti/c1-4-7-14-19(15-8-5-2,16-9-6-3)18-17-12-10-11-13-17;1-5-7-9(3)10(4)8-6-2;/h10-12H,4-9,13-16H2,1-3H3;7-8H,5-6H2,1-4H3;. The van der Waals surface area contributed by atoms with Crippen molar-refractivity contribution in [2.45, 2.75) is 106 Å². The Bertz CT molecular complexity index is 549. The van der Waals surface area contributed by atoms with Gasteiger partial charge in [-0.2, -0.15) is 0 Å². The van der Waals surface area contributed by atoms with Crippen molar-refractivity contribution in [3.8, 4) is 0 Å². The molecule has 0 aromatic heterocycles. The van der Waals surface area contributed by atoms with Crippen LogP contribution in [-0.4, -0.2) is 18.5 Å². The molecule has 0 fully saturated rings. The molecular formula is C27H50NPTi. The van der Waals surface area contributed by atoms with E-state index < -0.39 is 7.05 Å². The number of allylic oxidation sites excluding steroid dienone is 7. The summed E-state index contributed by atoms with van der Waals surface area (Å²) >= 11 is 0. The Labute approximate surface area is 204 Å². The van der Waals surface area contributed by atoms with Crippen LogP contribution in [0.1, 0.15) is 106 Å². The van der Waals surface area contributed by atoms with Gasteiger partial charge in [-0.05, 0) is 77.6 Å². The smallest absolute Gasteiger partial charge is 0.0425 e. The molecule has 0 bridgehead atoms. The first-order valence-electron chi connectivity index (χ1n) is 12.3. The Morgan fingerprint density at radius 2 is 1.27 bits per heavy atom. The average Bonchev–Trinajstić information content (AvgIpc) is 3.22. The molecule has 0 aliphatic heterocycles. The third-order valence-electron chi connectivity index (χ3n) is 5.52. The van der Waals surface area contributed by atoms with Crippen LogP contribution in [0.3, 0.4) is 0 Å². The molecule has 0 saturated carbocycles. The van der Waals surface area contributed by atoms with Gasteiger partial charge in [-0.3, -0.25) is 4.74 Å².